The lowest BCUT2D eigenvalue weighted by Gasteiger charge is -2.20. The normalized spacial score (nSPS) is 13.2. The van der Waals surface area contributed by atoms with E-state index in [1.54, 1.807) is 0 Å². The number of furan rings is 1. The Hall–Kier alpha value is -2.15. The molecule has 0 saturated carbocycles. The molecule has 0 aliphatic rings. The fourth-order valence-corrected chi connectivity index (χ4v) is 5.59. The van der Waals surface area contributed by atoms with Crippen LogP contribution in [0.3, 0.4) is 0 Å². The molecule has 3 aromatic rings. The third-order valence-corrected chi connectivity index (χ3v) is 8.47. The summed E-state index contributed by atoms with van der Waals surface area (Å²) in [5.74, 6) is 2.42. The van der Waals surface area contributed by atoms with Crippen LogP contribution < -0.4 is 10.6 Å². The Labute approximate surface area is 184 Å². The second kappa shape index (κ2) is 8.53. The highest BCUT2D eigenvalue weighted by molar-refractivity contribution is 7.91. The molecule has 3 heterocycles. The maximum absolute atomic E-state index is 12.3. The lowest BCUT2D eigenvalue weighted by Crippen LogP contribution is -2.21. The second-order valence-electron chi connectivity index (χ2n) is 7.41. The molecular formula is C18H25N5O4S3. The number of nitrogens with one attached hydrogen (secondary N) is 2. The third-order valence-electron chi connectivity index (χ3n) is 4.64. The molecule has 9 nitrogen and oxygen atoms in total. The summed E-state index contributed by atoms with van der Waals surface area (Å²) in [5, 5.41) is 18.3. The first-order chi connectivity index (χ1) is 14.0. The topological polar surface area (TPSA) is 121 Å². The number of rotatable bonds is 8. The standard InChI is InChI=1S/C18H25N5O4S3/c1-9(2)14(13-7-10(3)11(4)27-13)20-17-16(21-29-22-17)19-12-8-28-18(15(12)24)30(25,26)23(5)6/h7-9,14,24H,1-6H3,(H,19,21)(H,20,22)/t14-/m1/s1. The van der Waals surface area contributed by atoms with Gasteiger partial charge in [0.1, 0.15) is 11.5 Å². The molecule has 0 amide bonds. The molecule has 0 aliphatic carbocycles. The largest absolute Gasteiger partial charge is 0.504 e. The second-order valence-corrected chi connectivity index (χ2v) is 11.2. The molecule has 3 N–H and O–H groups in total. The van der Waals surface area contributed by atoms with Gasteiger partial charge >= 0.3 is 0 Å². The average molecular weight is 472 g/mol. The highest BCUT2D eigenvalue weighted by Crippen LogP contribution is 2.41. The van der Waals surface area contributed by atoms with Crippen LogP contribution in [0.4, 0.5) is 17.3 Å². The Balaban J connectivity index is 1.86. The molecule has 1 atom stereocenters. The molecule has 12 heteroatoms. The van der Waals surface area contributed by atoms with Crippen molar-refractivity contribution in [2.45, 2.75) is 37.9 Å². The van der Waals surface area contributed by atoms with Crippen LogP contribution in [0.2, 0.25) is 0 Å². The third kappa shape index (κ3) is 4.31. The van der Waals surface area contributed by atoms with Gasteiger partial charge in [-0.1, -0.05) is 13.8 Å². The molecule has 0 fully saturated rings. The van der Waals surface area contributed by atoms with Crippen molar-refractivity contribution >= 4 is 50.4 Å². The number of hydrogen-bond donors (Lipinski definition) is 3. The molecule has 3 aromatic heterocycles. The maximum Gasteiger partial charge on any atom is 0.255 e. The monoisotopic (exact) mass is 471 g/mol. The van der Waals surface area contributed by atoms with E-state index in [-0.39, 0.29) is 27.6 Å². The Morgan fingerprint density at radius 2 is 1.87 bits per heavy atom. The van der Waals surface area contributed by atoms with Crippen molar-refractivity contribution < 1.29 is 17.9 Å². The van der Waals surface area contributed by atoms with Crippen LogP contribution in [0, 0.1) is 19.8 Å². The summed E-state index contributed by atoms with van der Waals surface area (Å²) in [4.78, 5) is 0. The summed E-state index contributed by atoms with van der Waals surface area (Å²) in [7, 11) is -0.914. The van der Waals surface area contributed by atoms with Crippen LogP contribution in [-0.2, 0) is 10.0 Å². The quantitative estimate of drug-likeness (QED) is 0.444. The Morgan fingerprint density at radius 1 is 1.20 bits per heavy atom. The van der Waals surface area contributed by atoms with Gasteiger partial charge in [-0.15, -0.1) is 11.3 Å². The van der Waals surface area contributed by atoms with Crippen LogP contribution >= 0.6 is 23.1 Å². The highest BCUT2D eigenvalue weighted by atomic mass is 32.2. The SMILES string of the molecule is Cc1cc([C@H](Nc2nsnc2Nc2csc(S(=O)(=O)N(C)C)c2O)C(C)C)oc1C. The Bertz CT molecular complexity index is 1110. The fourth-order valence-electron chi connectivity index (χ4n) is 2.73. The van der Waals surface area contributed by atoms with E-state index in [9.17, 15) is 13.5 Å². The predicted molar refractivity (Wildman–Crippen MR) is 119 cm³/mol. The summed E-state index contributed by atoms with van der Waals surface area (Å²) in [6, 6.07) is 1.87. The van der Waals surface area contributed by atoms with E-state index in [1.165, 1.54) is 19.5 Å². The number of hydrogen-bond acceptors (Lipinski definition) is 10. The van der Waals surface area contributed by atoms with Gasteiger partial charge in [0.15, 0.2) is 21.6 Å². The van der Waals surface area contributed by atoms with Crippen molar-refractivity contribution in [3.05, 3.63) is 28.5 Å². The van der Waals surface area contributed by atoms with Crippen LogP contribution in [0.1, 0.15) is 37.0 Å². The summed E-state index contributed by atoms with van der Waals surface area (Å²) in [6.07, 6.45) is 0. The Morgan fingerprint density at radius 3 is 2.43 bits per heavy atom. The maximum atomic E-state index is 12.3. The first-order valence-electron chi connectivity index (χ1n) is 9.18. The first-order valence-corrected chi connectivity index (χ1v) is 12.2. The number of nitrogens with zero attached hydrogens (tertiary/aromatic N) is 3. The number of aromatic hydroxyl groups is 1. The van der Waals surface area contributed by atoms with Crippen molar-refractivity contribution in [3.8, 4) is 5.75 Å². The van der Waals surface area contributed by atoms with Crippen molar-refractivity contribution in [1.29, 1.82) is 0 Å². The molecule has 164 valence electrons. The van der Waals surface area contributed by atoms with Crippen LogP contribution in [0.15, 0.2) is 20.1 Å². The van der Waals surface area contributed by atoms with Gasteiger partial charge in [-0.2, -0.15) is 8.75 Å². The van der Waals surface area contributed by atoms with E-state index in [1.807, 2.05) is 19.9 Å². The zero-order chi connectivity index (χ0) is 22.2. The van der Waals surface area contributed by atoms with Gasteiger partial charge in [0.25, 0.3) is 10.0 Å². The number of thiophene rings is 1. The first kappa shape index (κ1) is 22.5. The molecule has 0 saturated heterocycles. The number of anilines is 3. The van der Waals surface area contributed by atoms with Gasteiger partial charge in [-0.05, 0) is 31.4 Å². The molecule has 30 heavy (non-hydrogen) atoms. The molecule has 0 radical (unpaired) electrons. The zero-order valence-corrected chi connectivity index (χ0v) is 20.0. The van der Waals surface area contributed by atoms with Crippen molar-refractivity contribution in [3.63, 3.8) is 0 Å². The minimum absolute atomic E-state index is 0.130. The van der Waals surface area contributed by atoms with Gasteiger partial charge in [-0.3, -0.25) is 0 Å². The summed E-state index contributed by atoms with van der Waals surface area (Å²) >= 11 is 1.94. The summed E-state index contributed by atoms with van der Waals surface area (Å²) in [6.45, 7) is 8.06. The minimum atomic E-state index is -3.74. The predicted octanol–water partition coefficient (Wildman–Crippen LogP) is 4.32. The minimum Gasteiger partial charge on any atom is -0.504 e. The molecule has 3 rings (SSSR count). The van der Waals surface area contributed by atoms with E-state index >= 15 is 0 Å². The molecule has 0 bridgehead atoms. The molecule has 0 aliphatic heterocycles. The smallest absolute Gasteiger partial charge is 0.255 e. The van der Waals surface area contributed by atoms with Crippen LogP contribution in [0.25, 0.3) is 0 Å². The number of aromatic nitrogens is 2. The van der Waals surface area contributed by atoms with Gasteiger partial charge in [0.05, 0.1) is 23.5 Å². The number of sulfonamides is 1. The lowest BCUT2D eigenvalue weighted by molar-refractivity contribution is 0.408. The van der Waals surface area contributed by atoms with E-state index in [2.05, 4.69) is 33.2 Å². The van der Waals surface area contributed by atoms with Gasteiger partial charge in [0, 0.05) is 19.5 Å². The van der Waals surface area contributed by atoms with Gasteiger partial charge < -0.3 is 20.2 Å². The molecule has 0 spiro atoms. The highest BCUT2D eigenvalue weighted by Gasteiger charge is 2.27. The van der Waals surface area contributed by atoms with Crippen molar-refractivity contribution in [2.24, 2.45) is 5.92 Å². The fraction of sp³-hybridized carbons (Fsp3) is 0.444. The summed E-state index contributed by atoms with van der Waals surface area (Å²) < 4.78 is 40.1. The van der Waals surface area contributed by atoms with Crippen molar-refractivity contribution in [2.75, 3.05) is 24.7 Å². The van der Waals surface area contributed by atoms with Crippen LogP contribution in [0.5, 0.6) is 5.75 Å². The van der Waals surface area contributed by atoms with Gasteiger partial charge in [-0.25, -0.2) is 12.7 Å². The van der Waals surface area contributed by atoms with Crippen LogP contribution in [-0.4, -0.2) is 40.7 Å². The summed E-state index contributed by atoms with van der Waals surface area (Å²) in [5.41, 5.74) is 1.33. The molecule has 0 unspecified atom stereocenters. The van der Waals surface area contributed by atoms with E-state index in [0.717, 1.165) is 44.5 Å². The number of aryl methyl sites for hydroxylation is 2. The lowest BCUT2D eigenvalue weighted by atomic mass is 10.0. The van der Waals surface area contributed by atoms with Crippen molar-refractivity contribution in [1.82, 2.24) is 13.1 Å². The Kier molecular flexibility index (Phi) is 6.41. The van der Waals surface area contributed by atoms with E-state index in [0.29, 0.717) is 11.6 Å². The average Bonchev–Trinajstić information content (AvgIpc) is 3.34. The molecular weight excluding hydrogens is 446 g/mol. The molecule has 0 aromatic carbocycles. The van der Waals surface area contributed by atoms with E-state index in [4.69, 9.17) is 4.42 Å². The van der Waals surface area contributed by atoms with E-state index < -0.39 is 10.0 Å². The van der Waals surface area contributed by atoms with Gasteiger partial charge in [0.2, 0.25) is 0 Å². The zero-order valence-electron chi connectivity index (χ0n) is 17.5.